The van der Waals surface area contributed by atoms with E-state index in [1.165, 1.54) is 16.2 Å². The molecule has 1 aromatic carbocycles. The summed E-state index contributed by atoms with van der Waals surface area (Å²) in [4.78, 5) is 47.5. The van der Waals surface area contributed by atoms with E-state index in [0.29, 0.717) is 58.7 Å². The summed E-state index contributed by atoms with van der Waals surface area (Å²) in [6.07, 6.45) is 4.47. The van der Waals surface area contributed by atoms with Crippen LogP contribution in [0.3, 0.4) is 0 Å². The number of aromatic nitrogens is 2. The van der Waals surface area contributed by atoms with E-state index in [1.54, 1.807) is 23.2 Å². The quantitative estimate of drug-likeness (QED) is 0.408. The summed E-state index contributed by atoms with van der Waals surface area (Å²) < 4.78 is 1.95. The smallest absolute Gasteiger partial charge is 0.267 e. The number of nitrogens with two attached hydrogens (primary N) is 1. The second-order valence-corrected chi connectivity index (χ2v) is 10.6. The van der Waals surface area contributed by atoms with Crippen LogP contribution < -0.4 is 16.2 Å². The van der Waals surface area contributed by atoms with E-state index in [-0.39, 0.29) is 23.3 Å². The standard InChI is InChI=1S/C26H25N5O3S2/c1-16-6-5-11-30-22(16)28-23(29-12-9-18(10-13-29)21(27)32)19(24(30)33)14-20-25(34)31(26(35)36-20)15-17-7-3-2-4-8-17/h2-8,11,14,18H,9-10,12-13,15H2,1H3,(H2,27,32)/b20-14-. The van der Waals surface area contributed by atoms with Crippen LogP contribution in [0.5, 0.6) is 0 Å². The van der Waals surface area contributed by atoms with Gasteiger partial charge in [0.1, 0.15) is 15.8 Å². The van der Waals surface area contributed by atoms with Crippen LogP contribution in [0.4, 0.5) is 5.82 Å². The number of aryl methyl sites for hydroxylation is 1. The molecule has 0 atom stereocenters. The zero-order chi connectivity index (χ0) is 25.4. The number of hydrogen-bond acceptors (Lipinski definition) is 7. The first-order valence-electron chi connectivity index (χ1n) is 11.7. The maximum absolute atomic E-state index is 13.7. The average molecular weight is 520 g/mol. The van der Waals surface area contributed by atoms with Gasteiger partial charge in [-0.25, -0.2) is 4.98 Å². The van der Waals surface area contributed by atoms with E-state index in [2.05, 4.69) is 0 Å². The fourth-order valence-electron chi connectivity index (χ4n) is 4.58. The van der Waals surface area contributed by atoms with Crippen molar-refractivity contribution in [1.82, 2.24) is 14.3 Å². The Morgan fingerprint density at radius 2 is 1.89 bits per heavy atom. The zero-order valence-corrected chi connectivity index (χ0v) is 21.3. The second-order valence-electron chi connectivity index (χ2n) is 8.96. The molecule has 4 heterocycles. The second kappa shape index (κ2) is 9.87. The van der Waals surface area contributed by atoms with Crippen LogP contribution in [0.25, 0.3) is 11.7 Å². The lowest BCUT2D eigenvalue weighted by molar-refractivity contribution is -0.123. The molecule has 0 saturated carbocycles. The molecule has 8 nitrogen and oxygen atoms in total. The van der Waals surface area contributed by atoms with E-state index < -0.39 is 0 Å². The molecule has 2 amide bonds. The Morgan fingerprint density at radius 3 is 2.58 bits per heavy atom. The number of primary amides is 1. The predicted molar refractivity (Wildman–Crippen MR) is 145 cm³/mol. The van der Waals surface area contributed by atoms with Gasteiger partial charge in [-0.15, -0.1) is 0 Å². The minimum absolute atomic E-state index is 0.192. The highest BCUT2D eigenvalue weighted by molar-refractivity contribution is 8.26. The van der Waals surface area contributed by atoms with Crippen LogP contribution in [-0.4, -0.2) is 43.5 Å². The van der Waals surface area contributed by atoms with Gasteiger partial charge in [-0.2, -0.15) is 0 Å². The molecule has 0 aliphatic carbocycles. The van der Waals surface area contributed by atoms with E-state index in [4.69, 9.17) is 22.9 Å². The van der Waals surface area contributed by atoms with Crippen molar-refractivity contribution in [2.45, 2.75) is 26.3 Å². The topological polar surface area (TPSA) is 101 Å². The molecule has 10 heteroatoms. The third-order valence-corrected chi connectivity index (χ3v) is 7.97. The molecule has 0 unspecified atom stereocenters. The number of benzene rings is 1. The Bertz CT molecular complexity index is 1460. The average Bonchev–Trinajstić information content (AvgIpc) is 3.14. The molecular weight excluding hydrogens is 494 g/mol. The molecule has 2 fully saturated rings. The number of fused-ring (bicyclic) bond motifs is 1. The molecule has 36 heavy (non-hydrogen) atoms. The van der Waals surface area contributed by atoms with Gasteiger partial charge < -0.3 is 10.6 Å². The molecule has 2 N–H and O–H groups in total. The Morgan fingerprint density at radius 1 is 1.17 bits per heavy atom. The van der Waals surface area contributed by atoms with Gasteiger partial charge in [0.25, 0.3) is 11.5 Å². The molecular formula is C26H25N5O3S2. The van der Waals surface area contributed by atoms with Crippen molar-refractivity contribution in [1.29, 1.82) is 0 Å². The summed E-state index contributed by atoms with van der Waals surface area (Å²) in [6, 6.07) is 13.3. The predicted octanol–water partition coefficient (Wildman–Crippen LogP) is 3.11. The molecule has 2 aromatic heterocycles. The monoisotopic (exact) mass is 519 g/mol. The number of hydrogen-bond donors (Lipinski definition) is 1. The Kier molecular flexibility index (Phi) is 6.63. The maximum atomic E-state index is 13.7. The van der Waals surface area contributed by atoms with Crippen LogP contribution in [0.2, 0.25) is 0 Å². The largest absolute Gasteiger partial charge is 0.369 e. The number of pyridine rings is 1. The van der Waals surface area contributed by atoms with Gasteiger partial charge in [0.15, 0.2) is 0 Å². The van der Waals surface area contributed by atoms with Crippen LogP contribution >= 0.6 is 24.0 Å². The Hall–Kier alpha value is -3.50. The Labute approximate surface area is 217 Å². The van der Waals surface area contributed by atoms with Crippen molar-refractivity contribution in [3.05, 3.63) is 80.6 Å². The molecule has 2 aliphatic rings. The van der Waals surface area contributed by atoms with Crippen LogP contribution in [0.15, 0.2) is 58.4 Å². The van der Waals surface area contributed by atoms with Gasteiger partial charge in [0.2, 0.25) is 5.91 Å². The van der Waals surface area contributed by atoms with Gasteiger partial charge in [0.05, 0.1) is 17.0 Å². The van der Waals surface area contributed by atoms with E-state index in [0.717, 1.165) is 11.1 Å². The van der Waals surface area contributed by atoms with E-state index in [9.17, 15) is 14.4 Å². The molecule has 2 aliphatic heterocycles. The lowest BCUT2D eigenvalue weighted by atomic mass is 9.96. The summed E-state index contributed by atoms with van der Waals surface area (Å²) in [5, 5.41) is 0. The maximum Gasteiger partial charge on any atom is 0.267 e. The molecule has 0 spiro atoms. The minimum atomic E-state index is -0.306. The van der Waals surface area contributed by atoms with E-state index >= 15 is 0 Å². The first kappa shape index (κ1) is 24.2. The molecule has 184 valence electrons. The highest BCUT2D eigenvalue weighted by Gasteiger charge is 2.33. The normalized spacial score (nSPS) is 18.0. The van der Waals surface area contributed by atoms with Crippen molar-refractivity contribution in [2.75, 3.05) is 18.0 Å². The van der Waals surface area contributed by atoms with Gasteiger partial charge in [-0.1, -0.05) is 60.4 Å². The number of carbonyl (C=O) groups excluding carboxylic acids is 2. The summed E-state index contributed by atoms with van der Waals surface area (Å²) in [5.74, 6) is -0.229. The van der Waals surface area contributed by atoms with Gasteiger partial charge in [-0.05, 0) is 43.0 Å². The van der Waals surface area contributed by atoms with Crippen molar-refractivity contribution >= 4 is 57.7 Å². The number of nitrogens with zero attached hydrogens (tertiary/aromatic N) is 4. The van der Waals surface area contributed by atoms with Gasteiger partial charge >= 0.3 is 0 Å². The number of thioether (sulfide) groups is 1. The summed E-state index contributed by atoms with van der Waals surface area (Å²) in [5.41, 5.74) is 7.97. The molecule has 0 bridgehead atoms. The summed E-state index contributed by atoms with van der Waals surface area (Å²) in [7, 11) is 0. The number of thiocarbonyl (C=S) groups is 1. The molecule has 5 rings (SSSR count). The fourth-order valence-corrected chi connectivity index (χ4v) is 5.81. The van der Waals surface area contributed by atoms with Crippen molar-refractivity contribution in [3.8, 4) is 0 Å². The SMILES string of the molecule is Cc1cccn2c(=O)c(/C=C3\SC(=S)N(Cc4ccccc4)C3=O)c(N3CCC(C(N)=O)CC3)nc12. The van der Waals surface area contributed by atoms with Crippen LogP contribution in [0.1, 0.15) is 29.5 Å². The van der Waals surface area contributed by atoms with E-state index in [1.807, 2.05) is 48.2 Å². The number of rotatable bonds is 5. The lowest BCUT2D eigenvalue weighted by Crippen LogP contribution is -2.40. The number of piperidine rings is 1. The zero-order valence-electron chi connectivity index (χ0n) is 19.7. The minimum Gasteiger partial charge on any atom is -0.369 e. The Balaban J connectivity index is 1.56. The molecule has 3 aromatic rings. The third kappa shape index (κ3) is 4.54. The van der Waals surface area contributed by atoms with Gasteiger partial charge in [-0.3, -0.25) is 23.7 Å². The lowest BCUT2D eigenvalue weighted by Gasteiger charge is -2.32. The molecule has 2 saturated heterocycles. The highest BCUT2D eigenvalue weighted by atomic mass is 32.2. The number of anilines is 1. The first-order valence-corrected chi connectivity index (χ1v) is 12.9. The fraction of sp³-hybridized carbons (Fsp3) is 0.269. The van der Waals surface area contributed by atoms with Crippen LogP contribution in [0, 0.1) is 12.8 Å². The van der Waals surface area contributed by atoms with Crippen LogP contribution in [-0.2, 0) is 16.1 Å². The highest BCUT2D eigenvalue weighted by Crippen LogP contribution is 2.35. The number of carbonyl (C=O) groups is 2. The molecule has 0 radical (unpaired) electrons. The third-order valence-electron chi connectivity index (χ3n) is 6.59. The number of amides is 2. The first-order chi connectivity index (χ1) is 17.3. The summed E-state index contributed by atoms with van der Waals surface area (Å²) >= 11 is 6.69. The van der Waals surface area contributed by atoms with Crippen molar-refractivity contribution < 1.29 is 9.59 Å². The summed E-state index contributed by atoms with van der Waals surface area (Å²) in [6.45, 7) is 3.35. The van der Waals surface area contributed by atoms with Crippen molar-refractivity contribution in [3.63, 3.8) is 0 Å². The van der Waals surface area contributed by atoms with Gasteiger partial charge in [0, 0.05) is 25.2 Å². The van der Waals surface area contributed by atoms with Crippen molar-refractivity contribution in [2.24, 2.45) is 11.7 Å².